The lowest BCUT2D eigenvalue weighted by atomic mass is 10.2. The molecule has 1 aromatic carbocycles. The quantitative estimate of drug-likeness (QED) is 0.637. The molecule has 9 heteroatoms. The molecule has 1 amide bonds. The van der Waals surface area contributed by atoms with E-state index in [1.165, 1.54) is 18.2 Å². The molecule has 0 radical (unpaired) electrons. The van der Waals surface area contributed by atoms with Gasteiger partial charge in [0.2, 0.25) is 5.91 Å². The average Bonchev–Trinajstić information content (AvgIpc) is 3.22. The van der Waals surface area contributed by atoms with Crippen LogP contribution in [0.25, 0.3) is 0 Å². The van der Waals surface area contributed by atoms with Crippen molar-refractivity contribution in [3.8, 4) is 0 Å². The second-order valence-corrected chi connectivity index (χ2v) is 8.02. The number of anilines is 1. The third kappa shape index (κ3) is 3.29. The Labute approximate surface area is 133 Å². The van der Waals surface area contributed by atoms with E-state index in [4.69, 9.17) is 0 Å². The first-order valence-electron chi connectivity index (χ1n) is 7.30. The number of nitrogens with zero attached hydrogens (tertiary/aromatic N) is 2. The van der Waals surface area contributed by atoms with Crippen LogP contribution in [0.2, 0.25) is 0 Å². The van der Waals surface area contributed by atoms with Gasteiger partial charge in [-0.1, -0.05) is 0 Å². The number of amides is 1. The van der Waals surface area contributed by atoms with Gasteiger partial charge in [-0.25, -0.2) is 8.42 Å². The van der Waals surface area contributed by atoms with Crippen LogP contribution >= 0.6 is 0 Å². The Balaban J connectivity index is 1.81. The van der Waals surface area contributed by atoms with Gasteiger partial charge in [-0.05, 0) is 25.0 Å². The molecule has 8 nitrogen and oxygen atoms in total. The van der Waals surface area contributed by atoms with Crippen LogP contribution in [0.15, 0.2) is 23.1 Å². The van der Waals surface area contributed by atoms with Crippen LogP contribution in [0.5, 0.6) is 0 Å². The molecule has 2 fully saturated rings. The van der Waals surface area contributed by atoms with Crippen molar-refractivity contribution in [1.29, 1.82) is 0 Å². The minimum atomic E-state index is -3.72. The Morgan fingerprint density at radius 2 is 2.04 bits per heavy atom. The summed E-state index contributed by atoms with van der Waals surface area (Å²) in [5, 5.41) is 14.1. The highest BCUT2D eigenvalue weighted by Crippen LogP contribution is 2.32. The van der Waals surface area contributed by atoms with Crippen LogP contribution in [0.4, 0.5) is 11.4 Å². The number of likely N-dealkylation sites (tertiary alicyclic amines) is 1. The third-order valence-electron chi connectivity index (χ3n) is 4.07. The molecule has 1 heterocycles. The fourth-order valence-electron chi connectivity index (χ4n) is 2.85. The fraction of sp³-hybridized carbons (Fsp3) is 0.500. The molecule has 124 valence electrons. The predicted octanol–water partition coefficient (Wildman–Crippen LogP) is 1.17. The van der Waals surface area contributed by atoms with Gasteiger partial charge in [0.25, 0.3) is 5.69 Å². The lowest BCUT2D eigenvalue weighted by Crippen LogP contribution is -2.29. The van der Waals surface area contributed by atoms with Crippen molar-refractivity contribution in [2.24, 2.45) is 0 Å². The van der Waals surface area contributed by atoms with E-state index in [-0.39, 0.29) is 16.8 Å². The Hall–Kier alpha value is -2.16. The van der Waals surface area contributed by atoms with Gasteiger partial charge in [0, 0.05) is 37.0 Å². The molecule has 2 aliphatic rings. The summed E-state index contributed by atoms with van der Waals surface area (Å²) in [6, 6.07) is 4.14. The highest BCUT2D eigenvalue weighted by molar-refractivity contribution is 7.90. The number of nitro benzene ring substituents is 1. The molecule has 1 saturated carbocycles. The lowest BCUT2D eigenvalue weighted by Gasteiger charge is -2.17. The highest BCUT2D eigenvalue weighted by atomic mass is 32.2. The molecule has 3 rings (SSSR count). The van der Waals surface area contributed by atoms with Gasteiger partial charge in [-0.3, -0.25) is 14.9 Å². The van der Waals surface area contributed by atoms with E-state index in [2.05, 4.69) is 5.32 Å². The normalized spacial score (nSPS) is 21.5. The van der Waals surface area contributed by atoms with E-state index in [1.54, 1.807) is 0 Å². The molecular formula is C14H17N3O5S. The zero-order valence-electron chi connectivity index (χ0n) is 12.6. The van der Waals surface area contributed by atoms with Gasteiger partial charge < -0.3 is 10.2 Å². The van der Waals surface area contributed by atoms with Crippen molar-refractivity contribution in [3.63, 3.8) is 0 Å². The molecule has 0 spiro atoms. The number of rotatable bonds is 5. The van der Waals surface area contributed by atoms with Crippen LogP contribution in [0.1, 0.15) is 19.3 Å². The third-order valence-corrected chi connectivity index (χ3v) is 5.20. The number of hydrogen-bond acceptors (Lipinski definition) is 6. The van der Waals surface area contributed by atoms with Crippen LogP contribution in [0, 0.1) is 10.1 Å². The SMILES string of the molecule is CS(=O)(=O)c1cc(NC2CC(=O)N(C3CC3)C2)ccc1[N+](=O)[O-]. The number of hydrogen-bond donors (Lipinski definition) is 1. The molecule has 1 atom stereocenters. The maximum absolute atomic E-state index is 11.9. The van der Waals surface area contributed by atoms with Crippen LogP contribution < -0.4 is 5.32 Å². The second-order valence-electron chi connectivity index (χ2n) is 6.03. The van der Waals surface area contributed by atoms with Crippen LogP contribution in [0.3, 0.4) is 0 Å². The van der Waals surface area contributed by atoms with E-state index in [9.17, 15) is 23.3 Å². The summed E-state index contributed by atoms with van der Waals surface area (Å²) in [6.45, 7) is 0.578. The van der Waals surface area contributed by atoms with E-state index in [0.717, 1.165) is 19.1 Å². The molecule has 1 aromatic rings. The van der Waals surface area contributed by atoms with Crippen molar-refractivity contribution in [2.45, 2.75) is 36.2 Å². The Bertz CT molecular complexity index is 773. The van der Waals surface area contributed by atoms with Gasteiger partial charge >= 0.3 is 0 Å². The summed E-state index contributed by atoms with van der Waals surface area (Å²) in [4.78, 5) is 23.7. The minimum absolute atomic E-state index is 0.0928. The smallest absolute Gasteiger partial charge is 0.288 e. The van der Waals surface area contributed by atoms with Crippen molar-refractivity contribution in [1.82, 2.24) is 4.90 Å². The van der Waals surface area contributed by atoms with Gasteiger partial charge in [0.05, 0.1) is 11.0 Å². The highest BCUT2D eigenvalue weighted by Gasteiger charge is 2.39. The summed E-state index contributed by atoms with van der Waals surface area (Å²) in [5.74, 6) is 0.0928. The largest absolute Gasteiger partial charge is 0.380 e. The Kier molecular flexibility index (Phi) is 3.75. The van der Waals surface area contributed by atoms with Gasteiger partial charge in [0.1, 0.15) is 4.90 Å². The summed E-state index contributed by atoms with van der Waals surface area (Å²) in [7, 11) is -3.72. The number of carbonyl (C=O) groups excluding carboxylic acids is 1. The minimum Gasteiger partial charge on any atom is -0.380 e. The fourth-order valence-corrected chi connectivity index (χ4v) is 3.72. The molecule has 1 saturated heterocycles. The van der Waals surface area contributed by atoms with Gasteiger partial charge in [-0.2, -0.15) is 0 Å². The van der Waals surface area contributed by atoms with Gasteiger partial charge in [-0.15, -0.1) is 0 Å². The Morgan fingerprint density at radius 1 is 1.35 bits per heavy atom. The number of sulfone groups is 1. The standard InChI is InChI=1S/C14H17N3O5S/c1-23(21,22)13-6-9(2-5-12(13)17(19)20)15-10-7-14(18)16(8-10)11-3-4-11/h2,5-6,10-11,15H,3-4,7-8H2,1H3. The van der Waals surface area contributed by atoms with Crippen LogP contribution in [-0.4, -0.2) is 49.0 Å². The van der Waals surface area contributed by atoms with E-state index >= 15 is 0 Å². The summed E-state index contributed by atoms with van der Waals surface area (Å²) >= 11 is 0. The first-order chi connectivity index (χ1) is 10.8. The second kappa shape index (κ2) is 5.48. The molecule has 1 aliphatic heterocycles. The van der Waals surface area contributed by atoms with E-state index in [1.807, 2.05) is 4.90 Å². The summed E-state index contributed by atoms with van der Waals surface area (Å²) in [6.07, 6.45) is 3.36. The van der Waals surface area contributed by atoms with Crippen molar-refractivity contribution in [3.05, 3.63) is 28.3 Å². The Morgan fingerprint density at radius 3 is 2.61 bits per heavy atom. The van der Waals surface area contributed by atoms with Crippen molar-refractivity contribution in [2.75, 3.05) is 18.1 Å². The summed E-state index contributed by atoms with van der Waals surface area (Å²) < 4.78 is 23.5. The topological polar surface area (TPSA) is 110 Å². The molecular weight excluding hydrogens is 322 g/mol. The average molecular weight is 339 g/mol. The number of benzene rings is 1. The van der Waals surface area contributed by atoms with Crippen molar-refractivity contribution >= 4 is 27.1 Å². The number of carbonyl (C=O) groups is 1. The van der Waals surface area contributed by atoms with E-state index < -0.39 is 20.4 Å². The number of nitro groups is 1. The first-order valence-corrected chi connectivity index (χ1v) is 9.19. The zero-order valence-corrected chi connectivity index (χ0v) is 13.4. The molecule has 23 heavy (non-hydrogen) atoms. The lowest BCUT2D eigenvalue weighted by molar-refractivity contribution is -0.387. The molecule has 1 N–H and O–H groups in total. The first kappa shape index (κ1) is 15.7. The maximum atomic E-state index is 11.9. The molecule has 1 aliphatic carbocycles. The zero-order chi connectivity index (χ0) is 16.8. The monoisotopic (exact) mass is 339 g/mol. The number of nitrogens with one attached hydrogen (secondary N) is 1. The maximum Gasteiger partial charge on any atom is 0.288 e. The molecule has 1 unspecified atom stereocenters. The van der Waals surface area contributed by atoms with Gasteiger partial charge in [0.15, 0.2) is 9.84 Å². The van der Waals surface area contributed by atoms with Crippen molar-refractivity contribution < 1.29 is 18.1 Å². The predicted molar refractivity (Wildman–Crippen MR) is 83.0 cm³/mol. The van der Waals surface area contributed by atoms with E-state index in [0.29, 0.717) is 24.7 Å². The molecule has 0 bridgehead atoms. The summed E-state index contributed by atoms with van der Waals surface area (Å²) in [5.41, 5.74) is 0.0200. The molecule has 0 aromatic heterocycles. The van der Waals surface area contributed by atoms with Crippen LogP contribution in [-0.2, 0) is 14.6 Å².